The number of halogens is 2. The summed E-state index contributed by atoms with van der Waals surface area (Å²) in [6, 6.07) is 0. The van der Waals surface area contributed by atoms with Crippen molar-refractivity contribution >= 4 is 57.4 Å². The average molecular weight is 587 g/mol. The van der Waals surface area contributed by atoms with Crippen LogP contribution in [0, 0.1) is 44.1 Å². The molecule has 0 heterocycles. The molecule has 0 nitrogen and oxygen atoms in total. The second-order valence-electron chi connectivity index (χ2n) is 18.1. The van der Waals surface area contributed by atoms with Crippen molar-refractivity contribution in [3.05, 3.63) is 11.6 Å². The molecule has 0 atom stereocenters. The highest BCUT2D eigenvalue weighted by molar-refractivity contribution is 6.78. The lowest BCUT2D eigenvalue weighted by molar-refractivity contribution is 0.232. The molecule has 39 heavy (non-hydrogen) atoms. The zero-order valence-corrected chi connectivity index (χ0v) is 31.6. The van der Waals surface area contributed by atoms with E-state index in [0.29, 0.717) is 24.2 Å². The topological polar surface area (TPSA) is 0 Å². The van der Waals surface area contributed by atoms with Crippen molar-refractivity contribution < 1.29 is 8.78 Å². The smallest absolute Gasteiger partial charge is 0.156 e. The van der Waals surface area contributed by atoms with Crippen LogP contribution in [-0.2, 0) is 0 Å². The summed E-state index contributed by atoms with van der Waals surface area (Å²) in [4.78, 5) is 0. The third kappa shape index (κ3) is 9.40. The van der Waals surface area contributed by atoms with E-state index < -0.39 is 11.6 Å². The molecule has 218 valence electrons. The van der Waals surface area contributed by atoms with Gasteiger partial charge < -0.3 is 0 Å². The van der Waals surface area contributed by atoms with Crippen LogP contribution in [0.1, 0.15) is 125 Å². The molecule has 1 aromatic rings. The first kappa shape index (κ1) is 36.8. The summed E-state index contributed by atoms with van der Waals surface area (Å²) in [6.07, 6.45) is 0. The highest BCUT2D eigenvalue weighted by Gasteiger charge is 2.42. The molecule has 0 N–H and O–H groups in total. The molecular weight excluding hydrogens is 529 g/mol. The van der Waals surface area contributed by atoms with E-state index in [4.69, 9.17) is 7.85 Å². The summed E-state index contributed by atoms with van der Waals surface area (Å²) in [5.74, 6) is -1.57. The summed E-state index contributed by atoms with van der Waals surface area (Å²) in [6.45, 7) is 40.6. The molecule has 0 aliphatic heterocycles. The Balaban J connectivity index is 4.21. The first-order chi connectivity index (χ1) is 16.9. The number of benzene rings is 1. The van der Waals surface area contributed by atoms with Crippen molar-refractivity contribution in [2.24, 2.45) is 32.5 Å². The van der Waals surface area contributed by atoms with Gasteiger partial charge in [0.1, 0.15) is 7.85 Å². The molecule has 0 saturated heterocycles. The fraction of sp³-hybridized carbons (Fsp3) is 0.818. The highest BCUT2D eigenvalue weighted by Crippen LogP contribution is 2.46. The minimum atomic E-state index is -0.847. The maximum atomic E-state index is 16.2. The molecule has 1 rings (SSSR count). The van der Waals surface area contributed by atoms with Gasteiger partial charge in [-0.1, -0.05) is 140 Å². The standard InChI is InChI=1S/C33H57BF2Si3/c1-28(2,3)25(29(4,5)6)37-22-19(34)20(35)21(36)23(38-26(30(7,8)9)31(10,11)12)24(22)39-27(32(13,14)15)33(16,17)18/h25-27H,1-18H3. The van der Waals surface area contributed by atoms with Crippen molar-refractivity contribution in [3.63, 3.8) is 0 Å². The Hall–Kier alpha value is -0.204. The predicted molar refractivity (Wildman–Crippen MR) is 176 cm³/mol. The zero-order valence-electron chi connectivity index (χ0n) is 28.6. The lowest BCUT2D eigenvalue weighted by Crippen LogP contribution is -2.62. The van der Waals surface area contributed by atoms with E-state index in [0.717, 1.165) is 10.4 Å². The summed E-state index contributed by atoms with van der Waals surface area (Å²) in [5, 5.41) is 2.48. The molecule has 0 aliphatic carbocycles. The molecule has 8 radical (unpaired) electrons. The number of rotatable bonds is 6. The van der Waals surface area contributed by atoms with Crippen LogP contribution in [0.3, 0.4) is 0 Å². The summed E-state index contributed by atoms with van der Waals surface area (Å²) < 4.78 is 32.1. The van der Waals surface area contributed by atoms with Crippen LogP contribution < -0.4 is 21.0 Å². The minimum absolute atomic E-state index is 0.00199. The van der Waals surface area contributed by atoms with Crippen LogP contribution >= 0.6 is 0 Å². The molecule has 0 amide bonds. The molecule has 0 aliphatic rings. The Kier molecular flexibility index (Phi) is 11.2. The minimum Gasteiger partial charge on any atom is -0.204 e. The average Bonchev–Trinajstić information content (AvgIpc) is 2.63. The summed E-state index contributed by atoms with van der Waals surface area (Å²) in [5.41, 5.74) is 0.625. The van der Waals surface area contributed by atoms with Gasteiger partial charge in [-0.15, -0.1) is 0 Å². The van der Waals surface area contributed by atoms with Crippen LogP contribution in [-0.4, -0.2) is 36.4 Å². The van der Waals surface area contributed by atoms with Gasteiger partial charge in [-0.25, -0.2) is 8.78 Å². The van der Waals surface area contributed by atoms with E-state index in [1.807, 2.05) is 0 Å². The maximum absolute atomic E-state index is 16.2. The Morgan fingerprint density at radius 2 is 0.641 bits per heavy atom. The SMILES string of the molecule is [B]c1c(F)c(F)c([Si]C(C(C)(C)C)C(C)(C)C)c([Si]C(C(C)(C)C)C(C)(C)C)c1[Si]C(C(C)(C)C)C(C)(C)C. The van der Waals surface area contributed by atoms with Gasteiger partial charge in [-0.3, -0.25) is 0 Å². The van der Waals surface area contributed by atoms with Crippen LogP contribution in [0.4, 0.5) is 8.78 Å². The quantitative estimate of drug-likeness (QED) is 0.305. The van der Waals surface area contributed by atoms with Gasteiger partial charge in [-0.2, -0.15) is 0 Å². The molecule has 6 heteroatoms. The largest absolute Gasteiger partial charge is 0.204 e. The Bertz CT molecular complexity index is 888. The first-order valence-corrected chi connectivity index (χ1v) is 17.7. The van der Waals surface area contributed by atoms with Crippen molar-refractivity contribution in [2.75, 3.05) is 0 Å². The Labute approximate surface area is 250 Å². The van der Waals surface area contributed by atoms with Gasteiger partial charge in [0.25, 0.3) is 0 Å². The van der Waals surface area contributed by atoms with E-state index in [9.17, 15) is 0 Å². The van der Waals surface area contributed by atoms with Crippen molar-refractivity contribution in [1.29, 1.82) is 0 Å². The third-order valence-corrected chi connectivity index (χ3v) is 16.4. The van der Waals surface area contributed by atoms with Crippen LogP contribution in [0.2, 0.25) is 16.6 Å². The normalized spacial score (nSPS) is 14.7. The second-order valence-corrected chi connectivity index (χ2v) is 22.2. The van der Waals surface area contributed by atoms with Crippen LogP contribution in [0.25, 0.3) is 0 Å². The van der Waals surface area contributed by atoms with E-state index >= 15 is 8.78 Å². The number of hydrogen-bond donors (Lipinski definition) is 0. The predicted octanol–water partition coefficient (Wildman–Crippen LogP) is 7.39. The summed E-state index contributed by atoms with van der Waals surface area (Å²) >= 11 is 0. The van der Waals surface area contributed by atoms with Gasteiger partial charge in [0, 0.05) is 0 Å². The lowest BCUT2D eigenvalue weighted by Gasteiger charge is -2.44. The van der Waals surface area contributed by atoms with Gasteiger partial charge in [-0.05, 0) is 54.3 Å². The van der Waals surface area contributed by atoms with E-state index in [2.05, 4.69) is 125 Å². The molecule has 0 aromatic heterocycles. The monoisotopic (exact) mass is 586 g/mol. The molecule has 1 aromatic carbocycles. The fourth-order valence-corrected chi connectivity index (χ4v) is 12.8. The molecule has 0 spiro atoms. The molecule has 0 saturated carbocycles. The van der Waals surface area contributed by atoms with Crippen LogP contribution in [0.15, 0.2) is 0 Å². The van der Waals surface area contributed by atoms with E-state index in [1.54, 1.807) is 0 Å². The highest BCUT2D eigenvalue weighted by atomic mass is 28.2. The number of hydrogen-bond acceptors (Lipinski definition) is 0. The Morgan fingerprint density at radius 3 is 0.897 bits per heavy atom. The van der Waals surface area contributed by atoms with Crippen molar-refractivity contribution in [3.8, 4) is 0 Å². The first-order valence-electron chi connectivity index (χ1n) is 14.5. The lowest BCUT2D eigenvalue weighted by atomic mass is 9.76. The van der Waals surface area contributed by atoms with Crippen LogP contribution in [0.5, 0.6) is 0 Å². The van der Waals surface area contributed by atoms with Gasteiger partial charge in [0.2, 0.25) is 0 Å². The summed E-state index contributed by atoms with van der Waals surface area (Å²) in [7, 11) is 7.39. The van der Waals surface area contributed by atoms with E-state index in [1.165, 1.54) is 0 Å². The molecule has 0 bridgehead atoms. The molecular formula is C33H57BF2Si3. The fourth-order valence-electron chi connectivity index (χ4n) is 6.77. The Morgan fingerprint density at radius 1 is 0.410 bits per heavy atom. The van der Waals surface area contributed by atoms with Gasteiger partial charge in [0.05, 0.1) is 28.6 Å². The molecule has 0 fully saturated rings. The van der Waals surface area contributed by atoms with Gasteiger partial charge >= 0.3 is 0 Å². The maximum Gasteiger partial charge on any atom is 0.156 e. The van der Waals surface area contributed by atoms with Crippen molar-refractivity contribution in [1.82, 2.24) is 0 Å². The zero-order chi connectivity index (χ0) is 31.3. The van der Waals surface area contributed by atoms with Crippen molar-refractivity contribution in [2.45, 2.75) is 141 Å². The van der Waals surface area contributed by atoms with E-state index in [-0.39, 0.29) is 64.1 Å². The van der Waals surface area contributed by atoms with Gasteiger partial charge in [0.15, 0.2) is 11.6 Å². The second kappa shape index (κ2) is 11.8. The third-order valence-electron chi connectivity index (χ3n) is 7.48. The molecule has 0 unspecified atom stereocenters.